The highest BCUT2D eigenvalue weighted by molar-refractivity contribution is 6.58. The number of nitrogens with two attached hydrogens (primary N) is 1. The number of para-hydroxylation sites is 2. The summed E-state index contributed by atoms with van der Waals surface area (Å²) >= 11 is 0. The zero-order chi connectivity index (χ0) is 41.9. The Morgan fingerprint density at radius 1 is 0.864 bits per heavy atom. The van der Waals surface area contributed by atoms with Gasteiger partial charge in [-0.05, 0) is 65.8 Å². The second kappa shape index (κ2) is 19.4. The maximum absolute atomic E-state index is 12.8. The van der Waals surface area contributed by atoms with Crippen LogP contribution >= 0.6 is 0 Å². The molecule has 0 saturated carbocycles. The fourth-order valence-electron chi connectivity index (χ4n) is 6.85. The van der Waals surface area contributed by atoms with Crippen LogP contribution in [-0.4, -0.2) is 86.8 Å². The Morgan fingerprint density at radius 2 is 1.47 bits per heavy atom. The molecule has 1 aliphatic heterocycles. The van der Waals surface area contributed by atoms with Crippen LogP contribution in [0.15, 0.2) is 116 Å². The van der Waals surface area contributed by atoms with Crippen molar-refractivity contribution in [1.29, 1.82) is 0 Å². The number of hydrogen-bond acceptors (Lipinski definition) is 11. The molecular weight excluding hydrogens is 751 g/mol. The minimum atomic E-state index is -1.52. The van der Waals surface area contributed by atoms with Gasteiger partial charge in [0.25, 0.3) is 11.8 Å². The Labute approximate surface area is 341 Å². The van der Waals surface area contributed by atoms with Crippen LogP contribution in [0, 0.1) is 0 Å². The van der Waals surface area contributed by atoms with Crippen LogP contribution in [0.3, 0.4) is 0 Å². The number of carbonyl (C=O) groups is 3. The largest absolute Gasteiger partial charge is 0.496 e. The topological polar surface area (TPSA) is 207 Å². The van der Waals surface area contributed by atoms with E-state index in [1.807, 2.05) is 35.0 Å². The van der Waals surface area contributed by atoms with E-state index in [1.165, 1.54) is 26.6 Å². The lowest BCUT2D eigenvalue weighted by atomic mass is 9.79. The van der Waals surface area contributed by atoms with E-state index in [9.17, 15) is 14.4 Å². The van der Waals surface area contributed by atoms with Crippen LogP contribution in [-0.2, 0) is 17.9 Å². The fourth-order valence-corrected chi connectivity index (χ4v) is 6.85. The Balaban J connectivity index is 0.000000236. The molecule has 0 spiro atoms. The van der Waals surface area contributed by atoms with Crippen molar-refractivity contribution in [2.75, 3.05) is 33.0 Å². The van der Waals surface area contributed by atoms with Crippen molar-refractivity contribution in [3.05, 3.63) is 138 Å². The van der Waals surface area contributed by atoms with Crippen molar-refractivity contribution in [1.82, 2.24) is 35.3 Å². The first-order chi connectivity index (χ1) is 28.6. The Hall–Kier alpha value is -7.04. The maximum Gasteiger partial charge on any atom is 0.488 e. The highest BCUT2D eigenvalue weighted by Crippen LogP contribution is 2.34. The fraction of sp³-hybridized carbons (Fsp3) is 0.209. The molecule has 4 aromatic carbocycles. The molecule has 3 heterocycles. The molecular formula is C43H45BN8O7. The van der Waals surface area contributed by atoms with Crippen LogP contribution < -0.4 is 31.3 Å². The van der Waals surface area contributed by atoms with Crippen molar-refractivity contribution >= 4 is 47.2 Å². The summed E-state index contributed by atoms with van der Waals surface area (Å²) in [5.74, 6) is 0.791. The van der Waals surface area contributed by atoms with E-state index >= 15 is 0 Å². The molecule has 1 fully saturated rings. The van der Waals surface area contributed by atoms with Crippen LogP contribution in [0.25, 0.3) is 22.3 Å². The first-order valence-corrected chi connectivity index (χ1v) is 18.9. The zero-order valence-corrected chi connectivity index (χ0v) is 32.7. The van der Waals surface area contributed by atoms with Crippen molar-refractivity contribution in [2.24, 2.45) is 0 Å². The van der Waals surface area contributed by atoms with E-state index in [2.05, 4.69) is 27.2 Å². The molecule has 0 radical (unpaired) electrons. The number of carbonyl (C=O) groups excluding carboxylic acids is 3. The molecule has 0 bridgehead atoms. The average Bonchev–Trinajstić information content (AvgIpc) is 3.68. The van der Waals surface area contributed by atoms with Crippen LogP contribution in [0.5, 0.6) is 11.5 Å². The lowest BCUT2D eigenvalue weighted by Crippen LogP contribution is -2.40. The highest BCUT2D eigenvalue weighted by Gasteiger charge is 2.28. The second-order valence-electron chi connectivity index (χ2n) is 13.6. The summed E-state index contributed by atoms with van der Waals surface area (Å²) < 4.78 is 12.3. The van der Waals surface area contributed by atoms with Crippen molar-refractivity contribution in [3.8, 4) is 22.8 Å². The smallest absolute Gasteiger partial charge is 0.488 e. The van der Waals surface area contributed by atoms with Gasteiger partial charge in [-0.2, -0.15) is 5.10 Å². The maximum atomic E-state index is 12.8. The van der Waals surface area contributed by atoms with E-state index in [-0.39, 0.29) is 30.3 Å². The van der Waals surface area contributed by atoms with E-state index in [1.54, 1.807) is 71.6 Å². The van der Waals surface area contributed by atoms with Gasteiger partial charge in [0.1, 0.15) is 29.3 Å². The van der Waals surface area contributed by atoms with Gasteiger partial charge < -0.3 is 40.8 Å². The quantitative estimate of drug-likeness (QED) is 0.0893. The molecule has 1 aliphatic rings. The molecule has 2 aromatic heterocycles. The lowest BCUT2D eigenvalue weighted by Gasteiger charge is -2.32. The minimum absolute atomic E-state index is 0.0541. The normalized spacial score (nSPS) is 13.4. The molecule has 0 unspecified atom stereocenters. The summed E-state index contributed by atoms with van der Waals surface area (Å²) in [4.78, 5) is 47.6. The van der Waals surface area contributed by atoms with Crippen molar-refractivity contribution in [2.45, 2.75) is 32.0 Å². The number of likely N-dealkylation sites (tertiary alicyclic amines) is 1. The number of nitrogens with zero attached hydrogens (tertiary/aromatic N) is 5. The minimum Gasteiger partial charge on any atom is -0.496 e. The SMILES string of the molecule is C=CC(=O)N1CCC[C@@H](n2nc(-c3cccc(CNC(=O)c4ccccc4OC)c3)c3c(N)ncnc32)C1.COc1ccccc1C(=O)NCc1cccc(B(O)O)c1. The van der Waals surface area contributed by atoms with Crippen molar-refractivity contribution < 1.29 is 33.9 Å². The summed E-state index contributed by atoms with van der Waals surface area (Å²) in [6.07, 6.45) is 4.48. The van der Waals surface area contributed by atoms with Crippen LogP contribution in [0.1, 0.15) is 50.7 Å². The third kappa shape index (κ3) is 9.92. The third-order valence-electron chi connectivity index (χ3n) is 9.81. The standard InChI is InChI=1S/C28H29N7O3.C15H16BNO4/c1-3-23(36)34-13-7-10-20(16-34)35-27-24(26(29)31-17-32-27)25(33-35)19-9-6-8-18(14-19)15-30-28(37)21-11-4-5-12-22(21)38-2;1-21-14-8-3-2-7-13(14)15(18)17-10-11-5-4-6-12(9-11)16(19)20/h3-6,8-9,11-12,14,17,20H,1,7,10,13,15-16H2,2H3,(H,30,37)(H2,29,31,32);2-9,19-20H,10H2,1H3,(H,17,18)/t20-;/m1./s1. The number of rotatable bonds is 12. The summed E-state index contributed by atoms with van der Waals surface area (Å²) in [5.41, 5.74) is 11.4. The number of methoxy groups -OCH3 is 2. The number of nitrogens with one attached hydrogen (secondary N) is 2. The molecule has 302 valence electrons. The van der Waals surface area contributed by atoms with Gasteiger partial charge in [0.05, 0.1) is 36.8 Å². The summed E-state index contributed by atoms with van der Waals surface area (Å²) in [6, 6.07) is 28.5. The van der Waals surface area contributed by atoms with E-state index in [0.29, 0.717) is 70.3 Å². The molecule has 1 saturated heterocycles. The summed E-state index contributed by atoms with van der Waals surface area (Å²) in [6.45, 7) is 5.42. The molecule has 15 nitrogen and oxygen atoms in total. The van der Waals surface area contributed by atoms with Crippen LogP contribution in [0.4, 0.5) is 5.82 Å². The number of piperidine rings is 1. The number of ether oxygens (including phenoxy) is 2. The molecule has 6 aromatic rings. The molecule has 0 aliphatic carbocycles. The highest BCUT2D eigenvalue weighted by atomic mass is 16.5. The van der Waals surface area contributed by atoms with Gasteiger partial charge in [-0.25, -0.2) is 14.6 Å². The molecule has 6 N–H and O–H groups in total. The number of anilines is 1. The predicted molar refractivity (Wildman–Crippen MR) is 225 cm³/mol. The molecule has 3 amide bonds. The van der Waals surface area contributed by atoms with Gasteiger partial charge in [0.2, 0.25) is 5.91 Å². The summed E-state index contributed by atoms with van der Waals surface area (Å²) in [7, 11) is 1.53. The second-order valence-corrected chi connectivity index (χ2v) is 13.6. The number of aromatic nitrogens is 4. The van der Waals surface area contributed by atoms with Crippen LogP contribution in [0.2, 0.25) is 0 Å². The number of hydrogen-bond donors (Lipinski definition) is 5. The van der Waals surface area contributed by atoms with Gasteiger partial charge in [-0.1, -0.05) is 73.3 Å². The van der Waals surface area contributed by atoms with E-state index in [4.69, 9.17) is 30.4 Å². The molecule has 7 rings (SSSR count). The number of fused-ring (bicyclic) bond motifs is 1. The first-order valence-electron chi connectivity index (χ1n) is 18.9. The Morgan fingerprint density at radius 3 is 2.08 bits per heavy atom. The lowest BCUT2D eigenvalue weighted by molar-refractivity contribution is -0.127. The monoisotopic (exact) mass is 796 g/mol. The van der Waals surface area contributed by atoms with E-state index < -0.39 is 7.12 Å². The van der Waals surface area contributed by atoms with Crippen molar-refractivity contribution in [3.63, 3.8) is 0 Å². The first kappa shape index (κ1) is 41.6. The zero-order valence-electron chi connectivity index (χ0n) is 32.7. The van der Waals surface area contributed by atoms with Gasteiger partial charge in [-0.3, -0.25) is 14.4 Å². The number of benzene rings is 4. The number of nitrogen functional groups attached to an aromatic ring is 1. The average molecular weight is 797 g/mol. The van der Waals surface area contributed by atoms with E-state index in [0.717, 1.165) is 29.5 Å². The predicted octanol–water partition coefficient (Wildman–Crippen LogP) is 3.67. The van der Waals surface area contributed by atoms with Gasteiger partial charge in [0, 0.05) is 31.7 Å². The third-order valence-corrected chi connectivity index (χ3v) is 9.81. The van der Waals surface area contributed by atoms with Gasteiger partial charge >= 0.3 is 7.12 Å². The Bertz CT molecular complexity index is 2460. The van der Waals surface area contributed by atoms with Gasteiger partial charge in [-0.15, -0.1) is 0 Å². The molecule has 1 atom stereocenters. The summed E-state index contributed by atoms with van der Waals surface area (Å²) in [5, 5.41) is 29.6. The number of amides is 3. The van der Waals surface area contributed by atoms with Gasteiger partial charge in [0.15, 0.2) is 5.65 Å². The molecule has 16 heteroatoms. The molecule has 59 heavy (non-hydrogen) atoms. The Kier molecular flexibility index (Phi) is 13.7.